The van der Waals surface area contributed by atoms with E-state index >= 15 is 0 Å². The van der Waals surface area contributed by atoms with E-state index in [0.29, 0.717) is 12.6 Å². The van der Waals surface area contributed by atoms with Crippen LogP contribution in [0.4, 0.5) is 0 Å². The van der Waals surface area contributed by atoms with Crippen molar-refractivity contribution in [1.82, 2.24) is 9.78 Å². The summed E-state index contributed by atoms with van der Waals surface area (Å²) in [5.74, 6) is 0.792. The number of rotatable bonds is 5. The fraction of sp³-hybridized carbons (Fsp3) is 0.750. The van der Waals surface area contributed by atoms with Gasteiger partial charge in [-0.2, -0.15) is 5.10 Å². The van der Waals surface area contributed by atoms with Crippen LogP contribution in [-0.4, -0.2) is 34.6 Å². The minimum atomic E-state index is 0.0161. The first kappa shape index (κ1) is 12.4. The zero-order valence-electron chi connectivity index (χ0n) is 10.7. The molecule has 1 saturated carbocycles. The molecule has 3 unspecified atom stereocenters. The van der Waals surface area contributed by atoms with Gasteiger partial charge in [0.15, 0.2) is 5.75 Å². The Morgan fingerprint density at radius 1 is 1.59 bits per heavy atom. The van der Waals surface area contributed by atoms with Crippen molar-refractivity contribution in [2.45, 2.75) is 51.5 Å². The highest BCUT2D eigenvalue weighted by atomic mass is 16.5. The van der Waals surface area contributed by atoms with Gasteiger partial charge in [0.2, 0.25) is 0 Å². The molecule has 1 fully saturated rings. The van der Waals surface area contributed by atoms with Crippen molar-refractivity contribution in [3.63, 3.8) is 0 Å². The molecule has 0 aliphatic heterocycles. The van der Waals surface area contributed by atoms with E-state index in [4.69, 9.17) is 15.2 Å². The van der Waals surface area contributed by atoms with Crippen molar-refractivity contribution >= 4 is 0 Å². The summed E-state index contributed by atoms with van der Waals surface area (Å²) in [7, 11) is 0. The lowest BCUT2D eigenvalue weighted by Gasteiger charge is -2.41. The van der Waals surface area contributed by atoms with E-state index in [1.54, 1.807) is 6.20 Å². The van der Waals surface area contributed by atoms with Gasteiger partial charge in [-0.05, 0) is 20.8 Å². The molecule has 0 aromatic carbocycles. The van der Waals surface area contributed by atoms with E-state index in [-0.39, 0.29) is 18.2 Å². The van der Waals surface area contributed by atoms with Gasteiger partial charge in [0, 0.05) is 25.1 Å². The minimum absolute atomic E-state index is 0.0161. The van der Waals surface area contributed by atoms with E-state index in [9.17, 15) is 0 Å². The van der Waals surface area contributed by atoms with Gasteiger partial charge in [0.1, 0.15) is 12.2 Å². The summed E-state index contributed by atoms with van der Waals surface area (Å²) in [6.07, 6.45) is 4.58. The van der Waals surface area contributed by atoms with Crippen molar-refractivity contribution < 1.29 is 9.47 Å². The van der Waals surface area contributed by atoms with Gasteiger partial charge < -0.3 is 15.2 Å². The second-order valence-corrected chi connectivity index (χ2v) is 4.73. The Labute approximate surface area is 102 Å². The van der Waals surface area contributed by atoms with E-state index in [0.717, 1.165) is 12.2 Å². The number of aromatic nitrogens is 2. The summed E-state index contributed by atoms with van der Waals surface area (Å²) in [4.78, 5) is 0. The molecular weight excluding hydrogens is 218 g/mol. The molecular formula is C12H21N3O2. The van der Waals surface area contributed by atoms with E-state index in [2.05, 4.69) is 18.9 Å². The molecule has 1 aliphatic rings. The molecule has 0 amide bonds. The van der Waals surface area contributed by atoms with Crippen LogP contribution in [0.3, 0.4) is 0 Å². The first-order chi connectivity index (χ1) is 8.11. The van der Waals surface area contributed by atoms with Gasteiger partial charge in [-0.15, -0.1) is 0 Å². The standard InChI is InChI=1S/C12H21N3O2/c1-4-16-12-10(13)5-11(12)17-9-6-14-15(7-9)8(2)3/h6-8,10-12H,4-5,13H2,1-3H3. The van der Waals surface area contributed by atoms with Crippen molar-refractivity contribution in [3.05, 3.63) is 12.4 Å². The first-order valence-corrected chi connectivity index (χ1v) is 6.19. The first-order valence-electron chi connectivity index (χ1n) is 6.19. The highest BCUT2D eigenvalue weighted by Gasteiger charge is 2.41. The predicted octanol–water partition coefficient (Wildman–Crippen LogP) is 1.35. The molecule has 0 radical (unpaired) electrons. The van der Waals surface area contributed by atoms with Gasteiger partial charge >= 0.3 is 0 Å². The summed E-state index contributed by atoms with van der Waals surface area (Å²) in [6.45, 7) is 6.81. The van der Waals surface area contributed by atoms with Gasteiger partial charge in [-0.1, -0.05) is 0 Å². The molecule has 1 aromatic rings. The maximum atomic E-state index is 5.88. The van der Waals surface area contributed by atoms with Crippen LogP contribution in [0.5, 0.6) is 5.75 Å². The molecule has 96 valence electrons. The van der Waals surface area contributed by atoms with Crippen LogP contribution < -0.4 is 10.5 Å². The summed E-state index contributed by atoms with van der Waals surface area (Å²) >= 11 is 0. The van der Waals surface area contributed by atoms with Crippen LogP contribution in [0.25, 0.3) is 0 Å². The number of nitrogens with zero attached hydrogens (tertiary/aromatic N) is 2. The second-order valence-electron chi connectivity index (χ2n) is 4.73. The minimum Gasteiger partial charge on any atom is -0.484 e. The molecule has 1 aliphatic carbocycles. The Morgan fingerprint density at radius 3 is 2.88 bits per heavy atom. The number of nitrogens with two attached hydrogens (primary N) is 1. The average molecular weight is 239 g/mol. The van der Waals surface area contributed by atoms with Gasteiger partial charge in [0.25, 0.3) is 0 Å². The third kappa shape index (κ3) is 2.61. The molecule has 0 spiro atoms. The normalized spacial score (nSPS) is 28.2. The fourth-order valence-corrected chi connectivity index (χ4v) is 1.99. The summed E-state index contributed by atoms with van der Waals surface area (Å²) in [6, 6.07) is 0.443. The summed E-state index contributed by atoms with van der Waals surface area (Å²) in [5.41, 5.74) is 5.88. The highest BCUT2D eigenvalue weighted by molar-refractivity contribution is 5.14. The lowest BCUT2D eigenvalue weighted by Crippen LogP contribution is -2.59. The molecule has 2 N–H and O–H groups in total. The SMILES string of the molecule is CCOC1C(N)CC1Oc1cnn(C(C)C)c1. The third-order valence-corrected chi connectivity index (χ3v) is 3.05. The maximum Gasteiger partial charge on any atom is 0.157 e. The van der Waals surface area contributed by atoms with Crippen LogP contribution >= 0.6 is 0 Å². The van der Waals surface area contributed by atoms with Gasteiger partial charge in [-0.3, -0.25) is 4.68 Å². The summed E-state index contributed by atoms with van der Waals surface area (Å²) < 4.78 is 13.3. The zero-order valence-corrected chi connectivity index (χ0v) is 10.7. The number of hydrogen-bond acceptors (Lipinski definition) is 4. The van der Waals surface area contributed by atoms with Crippen molar-refractivity contribution in [2.75, 3.05) is 6.61 Å². The predicted molar refractivity (Wildman–Crippen MR) is 65.0 cm³/mol. The lowest BCUT2D eigenvalue weighted by atomic mass is 9.86. The largest absolute Gasteiger partial charge is 0.484 e. The number of ether oxygens (including phenoxy) is 2. The zero-order chi connectivity index (χ0) is 12.4. The molecule has 0 saturated heterocycles. The van der Waals surface area contributed by atoms with Crippen LogP contribution in [0.2, 0.25) is 0 Å². The smallest absolute Gasteiger partial charge is 0.157 e. The van der Waals surface area contributed by atoms with Crippen LogP contribution in [0, 0.1) is 0 Å². The quantitative estimate of drug-likeness (QED) is 0.842. The molecule has 5 heteroatoms. The molecule has 5 nitrogen and oxygen atoms in total. The van der Waals surface area contributed by atoms with Gasteiger partial charge in [0.05, 0.1) is 12.4 Å². The third-order valence-electron chi connectivity index (χ3n) is 3.05. The lowest BCUT2D eigenvalue weighted by molar-refractivity contribution is -0.0945. The van der Waals surface area contributed by atoms with Crippen LogP contribution in [-0.2, 0) is 4.74 Å². The van der Waals surface area contributed by atoms with E-state index < -0.39 is 0 Å². The Kier molecular flexibility index (Phi) is 3.69. The fourth-order valence-electron chi connectivity index (χ4n) is 1.99. The van der Waals surface area contributed by atoms with E-state index in [1.807, 2.05) is 17.8 Å². The Morgan fingerprint density at radius 2 is 2.35 bits per heavy atom. The Balaban J connectivity index is 1.92. The topological polar surface area (TPSA) is 62.3 Å². The molecule has 17 heavy (non-hydrogen) atoms. The Hall–Kier alpha value is -1.07. The van der Waals surface area contributed by atoms with Crippen molar-refractivity contribution in [1.29, 1.82) is 0 Å². The molecule has 1 heterocycles. The van der Waals surface area contributed by atoms with Gasteiger partial charge in [-0.25, -0.2) is 0 Å². The van der Waals surface area contributed by atoms with Crippen LogP contribution in [0.15, 0.2) is 12.4 Å². The number of hydrogen-bond donors (Lipinski definition) is 1. The summed E-state index contributed by atoms with van der Waals surface area (Å²) in [5, 5.41) is 4.24. The Bertz CT molecular complexity index is 364. The van der Waals surface area contributed by atoms with Crippen molar-refractivity contribution in [2.24, 2.45) is 5.73 Å². The van der Waals surface area contributed by atoms with E-state index in [1.165, 1.54) is 0 Å². The van der Waals surface area contributed by atoms with Crippen LogP contribution in [0.1, 0.15) is 33.2 Å². The maximum absolute atomic E-state index is 5.88. The monoisotopic (exact) mass is 239 g/mol. The second kappa shape index (κ2) is 5.06. The average Bonchev–Trinajstić information content (AvgIpc) is 2.74. The molecule has 3 atom stereocenters. The highest BCUT2D eigenvalue weighted by Crippen LogP contribution is 2.27. The molecule has 0 bridgehead atoms. The van der Waals surface area contributed by atoms with Crippen molar-refractivity contribution in [3.8, 4) is 5.75 Å². The molecule has 2 rings (SSSR count). The molecule has 1 aromatic heterocycles.